The molecule has 4 aromatic rings. The van der Waals surface area contributed by atoms with Gasteiger partial charge in [-0.2, -0.15) is 4.31 Å². The van der Waals surface area contributed by atoms with E-state index in [1.807, 2.05) is 49.4 Å². The first kappa shape index (κ1) is 25.7. The van der Waals surface area contributed by atoms with Crippen LogP contribution in [0.2, 0.25) is 5.02 Å². The highest BCUT2D eigenvalue weighted by Gasteiger charge is 2.42. The number of hydrogen-bond acceptors (Lipinski definition) is 6. The lowest BCUT2D eigenvalue weighted by Crippen LogP contribution is -2.47. The number of benzene rings is 3. The Hall–Kier alpha value is -2.98. The van der Waals surface area contributed by atoms with Gasteiger partial charge in [0.1, 0.15) is 17.3 Å². The van der Waals surface area contributed by atoms with Crippen LogP contribution in [0.5, 0.6) is 5.75 Å². The zero-order chi connectivity index (χ0) is 26.2. The molecule has 0 radical (unpaired) electrons. The van der Waals surface area contributed by atoms with E-state index < -0.39 is 16.1 Å². The molecule has 1 saturated heterocycles. The Balaban J connectivity index is 1.55. The molecular formula is C27H26ClN3O4S2. The Kier molecular flexibility index (Phi) is 7.22. The van der Waals surface area contributed by atoms with Crippen molar-refractivity contribution in [3.63, 3.8) is 0 Å². The molecule has 1 amide bonds. The summed E-state index contributed by atoms with van der Waals surface area (Å²) < 4.78 is 34.8. The number of thiazole rings is 1. The van der Waals surface area contributed by atoms with E-state index in [1.54, 1.807) is 24.1 Å². The Morgan fingerprint density at radius 2 is 1.86 bits per heavy atom. The van der Waals surface area contributed by atoms with E-state index in [2.05, 4.69) is 0 Å². The average molecular weight is 556 g/mol. The van der Waals surface area contributed by atoms with Crippen LogP contribution in [-0.2, 0) is 21.4 Å². The van der Waals surface area contributed by atoms with Crippen LogP contribution in [0.4, 0.5) is 5.13 Å². The minimum absolute atomic E-state index is 0.117. The number of aryl methyl sites for hydroxylation is 1. The smallest absolute Gasteiger partial charge is 0.247 e. The van der Waals surface area contributed by atoms with Crippen LogP contribution < -0.4 is 9.64 Å². The summed E-state index contributed by atoms with van der Waals surface area (Å²) in [5.41, 5.74) is 2.63. The third kappa shape index (κ3) is 4.96. The summed E-state index contributed by atoms with van der Waals surface area (Å²) in [5, 5.41) is 0.954. The molecule has 7 nitrogen and oxygen atoms in total. The number of hydrogen-bond donors (Lipinski definition) is 0. The van der Waals surface area contributed by atoms with Crippen molar-refractivity contribution in [2.24, 2.45) is 0 Å². The SMILES string of the molecule is COc1ccc(C)c2sc(N(Cc3ccccc3)C(=O)C3CCCN3S(=O)(=O)c3ccc(Cl)cc3)nc12. The molecule has 0 bridgehead atoms. The van der Waals surface area contributed by atoms with E-state index in [4.69, 9.17) is 21.3 Å². The molecule has 1 unspecified atom stereocenters. The van der Waals surface area contributed by atoms with Gasteiger partial charge in [-0.3, -0.25) is 9.69 Å². The number of carbonyl (C=O) groups excluding carboxylic acids is 1. The summed E-state index contributed by atoms with van der Waals surface area (Å²) in [7, 11) is -2.30. The summed E-state index contributed by atoms with van der Waals surface area (Å²) >= 11 is 7.38. The van der Waals surface area contributed by atoms with E-state index in [0.717, 1.165) is 15.8 Å². The summed E-state index contributed by atoms with van der Waals surface area (Å²) in [6.07, 6.45) is 1.03. The number of carbonyl (C=O) groups is 1. The molecule has 192 valence electrons. The molecule has 0 saturated carbocycles. The number of halogens is 1. The van der Waals surface area contributed by atoms with E-state index in [1.165, 1.54) is 27.8 Å². The lowest BCUT2D eigenvalue weighted by molar-refractivity contribution is -0.121. The molecule has 1 fully saturated rings. The van der Waals surface area contributed by atoms with Gasteiger partial charge in [0.15, 0.2) is 5.13 Å². The van der Waals surface area contributed by atoms with Crippen LogP contribution >= 0.6 is 22.9 Å². The topological polar surface area (TPSA) is 79.8 Å². The Morgan fingerprint density at radius 1 is 1.14 bits per heavy atom. The lowest BCUT2D eigenvalue weighted by atomic mass is 10.1. The quantitative estimate of drug-likeness (QED) is 0.294. The first-order chi connectivity index (χ1) is 17.8. The van der Waals surface area contributed by atoms with Gasteiger partial charge in [-0.15, -0.1) is 0 Å². The fraction of sp³-hybridized carbons (Fsp3) is 0.259. The second-order valence-electron chi connectivity index (χ2n) is 8.90. The van der Waals surface area contributed by atoms with Crippen molar-refractivity contribution < 1.29 is 17.9 Å². The van der Waals surface area contributed by atoms with Crippen molar-refractivity contribution in [2.45, 2.75) is 37.2 Å². The fourth-order valence-electron chi connectivity index (χ4n) is 4.58. The second kappa shape index (κ2) is 10.4. The molecule has 1 aromatic heterocycles. The highest BCUT2D eigenvalue weighted by molar-refractivity contribution is 7.89. The molecule has 2 heterocycles. The maximum absolute atomic E-state index is 14.1. The number of methoxy groups -OCH3 is 1. The van der Waals surface area contributed by atoms with Crippen molar-refractivity contribution in [3.8, 4) is 5.75 Å². The maximum atomic E-state index is 14.1. The predicted octanol–water partition coefficient (Wildman–Crippen LogP) is 5.65. The summed E-state index contributed by atoms with van der Waals surface area (Å²) in [5.74, 6) is 0.331. The van der Waals surface area contributed by atoms with Gasteiger partial charge in [0.05, 0.1) is 23.2 Å². The van der Waals surface area contributed by atoms with E-state index in [9.17, 15) is 13.2 Å². The lowest BCUT2D eigenvalue weighted by Gasteiger charge is -2.28. The predicted molar refractivity (Wildman–Crippen MR) is 147 cm³/mol. The molecule has 1 aliphatic heterocycles. The number of anilines is 1. The zero-order valence-electron chi connectivity index (χ0n) is 20.4. The molecule has 1 aliphatic rings. The number of amides is 1. The molecular weight excluding hydrogens is 530 g/mol. The number of fused-ring (bicyclic) bond motifs is 1. The summed E-state index contributed by atoms with van der Waals surface area (Å²) in [6, 6.07) is 18.6. The van der Waals surface area contributed by atoms with Gasteiger partial charge in [-0.1, -0.05) is 59.3 Å². The van der Waals surface area contributed by atoms with E-state index in [0.29, 0.717) is 34.3 Å². The highest BCUT2D eigenvalue weighted by Crippen LogP contribution is 2.38. The Morgan fingerprint density at radius 3 is 2.57 bits per heavy atom. The van der Waals surface area contributed by atoms with E-state index in [-0.39, 0.29) is 23.9 Å². The standard InChI is InChI=1S/C27H26ClN3O4S2/c1-18-10-15-23(35-2)24-25(18)36-27(29-24)30(17-19-7-4-3-5-8-19)26(32)22-9-6-16-31(22)37(33,34)21-13-11-20(28)12-14-21/h3-5,7-8,10-15,22H,6,9,16-17H2,1-2H3. The minimum Gasteiger partial charge on any atom is -0.494 e. The molecule has 1 atom stereocenters. The Labute approximate surface area is 225 Å². The first-order valence-electron chi connectivity index (χ1n) is 11.9. The third-order valence-corrected chi connectivity index (χ3v) is 9.89. The third-order valence-electron chi connectivity index (χ3n) is 6.50. The molecule has 37 heavy (non-hydrogen) atoms. The highest BCUT2D eigenvalue weighted by atomic mass is 35.5. The van der Waals surface area contributed by atoms with Gasteiger partial charge in [0, 0.05) is 11.6 Å². The van der Waals surface area contributed by atoms with Gasteiger partial charge in [-0.25, -0.2) is 13.4 Å². The second-order valence-corrected chi connectivity index (χ2v) is 12.2. The van der Waals surface area contributed by atoms with Crippen LogP contribution in [0.15, 0.2) is 71.6 Å². The van der Waals surface area contributed by atoms with E-state index >= 15 is 0 Å². The molecule has 0 N–H and O–H groups in total. The Bertz CT molecular complexity index is 1540. The van der Waals surface area contributed by atoms with Gasteiger partial charge < -0.3 is 4.74 Å². The minimum atomic E-state index is -3.89. The number of sulfonamides is 1. The van der Waals surface area contributed by atoms with Crippen LogP contribution in [0.3, 0.4) is 0 Å². The van der Waals surface area contributed by atoms with Crippen molar-refractivity contribution >= 4 is 54.2 Å². The maximum Gasteiger partial charge on any atom is 0.247 e. The van der Waals surface area contributed by atoms with Gasteiger partial charge in [0.25, 0.3) is 0 Å². The number of rotatable bonds is 7. The van der Waals surface area contributed by atoms with Crippen LogP contribution in [0.1, 0.15) is 24.0 Å². The average Bonchev–Trinajstić information content (AvgIpc) is 3.57. The van der Waals surface area contributed by atoms with Crippen molar-refractivity contribution in [1.82, 2.24) is 9.29 Å². The van der Waals surface area contributed by atoms with Crippen LogP contribution in [0.25, 0.3) is 10.2 Å². The van der Waals surface area contributed by atoms with Gasteiger partial charge >= 0.3 is 0 Å². The van der Waals surface area contributed by atoms with Gasteiger partial charge in [0.2, 0.25) is 15.9 Å². The fourth-order valence-corrected chi connectivity index (χ4v) is 7.41. The summed E-state index contributed by atoms with van der Waals surface area (Å²) in [6.45, 7) is 2.53. The van der Waals surface area contributed by atoms with Crippen molar-refractivity contribution in [2.75, 3.05) is 18.6 Å². The van der Waals surface area contributed by atoms with Crippen LogP contribution in [-0.4, -0.2) is 43.3 Å². The van der Waals surface area contributed by atoms with Crippen molar-refractivity contribution in [3.05, 3.63) is 82.9 Å². The number of nitrogens with zero attached hydrogens (tertiary/aromatic N) is 3. The molecule has 3 aromatic carbocycles. The van der Waals surface area contributed by atoms with Crippen LogP contribution in [0, 0.1) is 6.92 Å². The van der Waals surface area contributed by atoms with Crippen molar-refractivity contribution in [1.29, 1.82) is 0 Å². The zero-order valence-corrected chi connectivity index (χ0v) is 22.8. The summed E-state index contributed by atoms with van der Waals surface area (Å²) in [4.78, 5) is 20.7. The molecule has 5 rings (SSSR count). The monoisotopic (exact) mass is 555 g/mol. The first-order valence-corrected chi connectivity index (χ1v) is 14.5. The normalized spacial score (nSPS) is 16.2. The molecule has 0 aliphatic carbocycles. The number of aromatic nitrogens is 1. The largest absolute Gasteiger partial charge is 0.494 e. The molecule has 10 heteroatoms. The number of ether oxygens (including phenoxy) is 1. The molecule has 0 spiro atoms. The van der Waals surface area contributed by atoms with Gasteiger partial charge in [-0.05, 0) is 61.2 Å².